The molecule has 0 unspecified atom stereocenters. The molecule has 0 aromatic heterocycles. The first-order valence-electron chi connectivity index (χ1n) is 10.7. The van der Waals surface area contributed by atoms with E-state index in [0.717, 1.165) is 36.8 Å². The number of carbonyl (C=O) groups is 1. The van der Waals surface area contributed by atoms with E-state index in [9.17, 15) is 4.79 Å². The number of fused-ring (bicyclic) bond motifs is 3. The second-order valence-corrected chi connectivity index (χ2v) is 7.97. The molecule has 1 fully saturated rings. The number of piperazine rings is 1. The standard InChI is InChI=1S/C24H31N3O4/c1-29-13-10-25-24(28)19-14-17-8-9-18(30-2)15-21(17)27-12-11-26(16-22(19)27)20-6-4-5-7-23(20)31-3/h4-9,15,19,22H,10-14,16H2,1-3H3,(H,25,28)/t19-,22+/m1/s1. The molecule has 0 saturated carbocycles. The van der Waals surface area contributed by atoms with Gasteiger partial charge in [0.25, 0.3) is 0 Å². The summed E-state index contributed by atoms with van der Waals surface area (Å²) in [6.07, 6.45) is 0.707. The van der Waals surface area contributed by atoms with Gasteiger partial charge in [0.15, 0.2) is 0 Å². The molecule has 31 heavy (non-hydrogen) atoms. The van der Waals surface area contributed by atoms with Gasteiger partial charge in [-0.15, -0.1) is 0 Å². The summed E-state index contributed by atoms with van der Waals surface area (Å²) >= 11 is 0. The monoisotopic (exact) mass is 425 g/mol. The van der Waals surface area contributed by atoms with Gasteiger partial charge in [-0.1, -0.05) is 18.2 Å². The van der Waals surface area contributed by atoms with Gasteiger partial charge in [0.05, 0.1) is 38.5 Å². The molecule has 4 rings (SSSR count). The molecule has 2 heterocycles. The van der Waals surface area contributed by atoms with Gasteiger partial charge in [0.2, 0.25) is 5.91 Å². The summed E-state index contributed by atoms with van der Waals surface area (Å²) < 4.78 is 16.2. The Morgan fingerprint density at radius 1 is 1.06 bits per heavy atom. The summed E-state index contributed by atoms with van der Waals surface area (Å²) in [7, 11) is 5.03. The Kier molecular flexibility index (Phi) is 6.51. The van der Waals surface area contributed by atoms with Crippen LogP contribution in [0.1, 0.15) is 5.56 Å². The van der Waals surface area contributed by atoms with Crippen molar-refractivity contribution >= 4 is 17.3 Å². The molecule has 0 bridgehead atoms. The third-order valence-electron chi connectivity index (χ3n) is 6.29. The molecule has 7 nitrogen and oxygen atoms in total. The number of para-hydroxylation sites is 2. The summed E-state index contributed by atoms with van der Waals surface area (Å²) in [5.74, 6) is 1.63. The molecule has 2 aromatic rings. The topological polar surface area (TPSA) is 63.3 Å². The molecule has 166 valence electrons. The highest BCUT2D eigenvalue weighted by Crippen LogP contribution is 2.40. The molecular formula is C24H31N3O4. The second kappa shape index (κ2) is 9.47. The van der Waals surface area contributed by atoms with E-state index in [1.165, 1.54) is 11.3 Å². The maximum absolute atomic E-state index is 13.2. The number of carbonyl (C=O) groups excluding carboxylic acids is 1. The van der Waals surface area contributed by atoms with Crippen LogP contribution >= 0.6 is 0 Å². The third-order valence-corrected chi connectivity index (χ3v) is 6.29. The van der Waals surface area contributed by atoms with Crippen LogP contribution in [0.3, 0.4) is 0 Å². The summed E-state index contributed by atoms with van der Waals surface area (Å²) in [5.41, 5.74) is 3.43. The van der Waals surface area contributed by atoms with Gasteiger partial charge < -0.3 is 29.3 Å². The van der Waals surface area contributed by atoms with Crippen molar-refractivity contribution < 1.29 is 19.0 Å². The van der Waals surface area contributed by atoms with Crippen LogP contribution in [0.4, 0.5) is 11.4 Å². The van der Waals surface area contributed by atoms with Crippen molar-refractivity contribution in [2.24, 2.45) is 5.92 Å². The molecule has 2 aliphatic heterocycles. The number of nitrogens with one attached hydrogen (secondary N) is 1. The van der Waals surface area contributed by atoms with Crippen molar-refractivity contribution in [1.29, 1.82) is 0 Å². The van der Waals surface area contributed by atoms with Crippen molar-refractivity contribution in [2.75, 3.05) is 63.9 Å². The zero-order valence-corrected chi connectivity index (χ0v) is 18.5. The minimum atomic E-state index is -0.143. The third kappa shape index (κ3) is 4.28. The van der Waals surface area contributed by atoms with Crippen LogP contribution in [0, 0.1) is 5.92 Å². The average Bonchev–Trinajstić information content (AvgIpc) is 2.82. The fraction of sp³-hybridized carbons (Fsp3) is 0.458. The van der Waals surface area contributed by atoms with Crippen LogP contribution in [-0.2, 0) is 16.0 Å². The number of hydrogen-bond donors (Lipinski definition) is 1. The van der Waals surface area contributed by atoms with Crippen LogP contribution in [0.15, 0.2) is 42.5 Å². The Hall–Kier alpha value is -2.93. The van der Waals surface area contributed by atoms with E-state index in [-0.39, 0.29) is 17.9 Å². The molecule has 1 amide bonds. The fourth-order valence-corrected chi connectivity index (χ4v) is 4.72. The van der Waals surface area contributed by atoms with E-state index in [1.807, 2.05) is 24.3 Å². The van der Waals surface area contributed by atoms with Gasteiger partial charge >= 0.3 is 0 Å². The molecule has 1 N–H and O–H groups in total. The SMILES string of the molecule is COCCNC(=O)[C@@H]1Cc2ccc(OC)cc2N2CCN(c3ccccc3OC)C[C@@H]12. The molecule has 0 aliphatic carbocycles. The molecule has 2 atom stereocenters. The lowest BCUT2D eigenvalue weighted by atomic mass is 9.83. The summed E-state index contributed by atoms with van der Waals surface area (Å²) in [6, 6.07) is 14.3. The Balaban J connectivity index is 1.64. The van der Waals surface area contributed by atoms with Gasteiger partial charge in [0.1, 0.15) is 11.5 Å². The normalized spacial score (nSPS) is 20.0. The Labute approximate surface area is 183 Å². The predicted octanol–water partition coefficient (Wildman–Crippen LogP) is 2.33. The number of methoxy groups -OCH3 is 3. The number of rotatable bonds is 7. The Morgan fingerprint density at radius 3 is 2.68 bits per heavy atom. The average molecular weight is 426 g/mol. The highest BCUT2D eigenvalue weighted by molar-refractivity contribution is 5.82. The van der Waals surface area contributed by atoms with E-state index in [0.29, 0.717) is 19.6 Å². The van der Waals surface area contributed by atoms with Crippen molar-refractivity contribution in [3.8, 4) is 11.5 Å². The highest BCUT2D eigenvalue weighted by atomic mass is 16.5. The maximum Gasteiger partial charge on any atom is 0.225 e. The van der Waals surface area contributed by atoms with Gasteiger partial charge in [-0.05, 0) is 30.2 Å². The van der Waals surface area contributed by atoms with Crippen LogP contribution in [0.25, 0.3) is 0 Å². The van der Waals surface area contributed by atoms with Crippen LogP contribution in [0.2, 0.25) is 0 Å². The maximum atomic E-state index is 13.2. The number of hydrogen-bond acceptors (Lipinski definition) is 6. The van der Waals surface area contributed by atoms with E-state index in [1.54, 1.807) is 21.3 Å². The summed E-state index contributed by atoms with van der Waals surface area (Å²) in [6.45, 7) is 3.45. The van der Waals surface area contributed by atoms with E-state index in [4.69, 9.17) is 14.2 Å². The summed E-state index contributed by atoms with van der Waals surface area (Å²) in [5, 5.41) is 3.06. The Bertz CT molecular complexity index is 919. The van der Waals surface area contributed by atoms with Gasteiger partial charge in [0, 0.05) is 45.0 Å². The van der Waals surface area contributed by atoms with Crippen molar-refractivity contribution in [3.63, 3.8) is 0 Å². The van der Waals surface area contributed by atoms with Crippen molar-refractivity contribution in [3.05, 3.63) is 48.0 Å². The molecule has 0 spiro atoms. The van der Waals surface area contributed by atoms with E-state index in [2.05, 4.69) is 33.3 Å². The van der Waals surface area contributed by atoms with Crippen molar-refractivity contribution in [1.82, 2.24) is 5.32 Å². The first-order valence-corrected chi connectivity index (χ1v) is 10.7. The second-order valence-electron chi connectivity index (χ2n) is 7.97. The smallest absolute Gasteiger partial charge is 0.225 e. The Morgan fingerprint density at radius 2 is 1.90 bits per heavy atom. The molecule has 7 heteroatoms. The van der Waals surface area contributed by atoms with Crippen molar-refractivity contribution in [2.45, 2.75) is 12.5 Å². The largest absolute Gasteiger partial charge is 0.497 e. The lowest BCUT2D eigenvalue weighted by molar-refractivity contribution is -0.126. The molecule has 0 radical (unpaired) electrons. The number of anilines is 2. The zero-order valence-electron chi connectivity index (χ0n) is 18.5. The molecular weight excluding hydrogens is 394 g/mol. The molecule has 2 aromatic carbocycles. The quantitative estimate of drug-likeness (QED) is 0.687. The predicted molar refractivity (Wildman–Crippen MR) is 121 cm³/mol. The minimum Gasteiger partial charge on any atom is -0.497 e. The number of amides is 1. The van der Waals surface area contributed by atoms with Gasteiger partial charge in [-0.3, -0.25) is 4.79 Å². The van der Waals surface area contributed by atoms with Crippen LogP contribution in [0.5, 0.6) is 11.5 Å². The van der Waals surface area contributed by atoms with E-state index < -0.39 is 0 Å². The number of benzene rings is 2. The molecule has 2 aliphatic rings. The van der Waals surface area contributed by atoms with Crippen LogP contribution in [-0.4, -0.2) is 66.1 Å². The lowest BCUT2D eigenvalue weighted by Crippen LogP contribution is -2.61. The molecule has 1 saturated heterocycles. The lowest BCUT2D eigenvalue weighted by Gasteiger charge is -2.49. The first-order chi connectivity index (χ1) is 15.2. The minimum absolute atomic E-state index is 0.0563. The zero-order chi connectivity index (χ0) is 21.8. The first kappa shape index (κ1) is 21.3. The van der Waals surface area contributed by atoms with E-state index >= 15 is 0 Å². The number of ether oxygens (including phenoxy) is 3. The van der Waals surface area contributed by atoms with Gasteiger partial charge in [-0.2, -0.15) is 0 Å². The highest BCUT2D eigenvalue weighted by Gasteiger charge is 2.42. The summed E-state index contributed by atoms with van der Waals surface area (Å²) in [4.78, 5) is 17.9. The van der Waals surface area contributed by atoms with Crippen LogP contribution < -0.4 is 24.6 Å². The number of nitrogens with zero attached hydrogens (tertiary/aromatic N) is 2. The fourth-order valence-electron chi connectivity index (χ4n) is 4.72. The van der Waals surface area contributed by atoms with Gasteiger partial charge in [-0.25, -0.2) is 0 Å².